The minimum atomic E-state index is -2.63. The van der Waals surface area contributed by atoms with Crippen molar-refractivity contribution >= 4 is 36.3 Å². The van der Waals surface area contributed by atoms with E-state index in [9.17, 15) is 13.4 Å². The first kappa shape index (κ1) is 16.6. The Bertz CT molecular complexity index is 835. The highest BCUT2D eigenvalue weighted by Crippen LogP contribution is 2.29. The number of aromatic nitrogens is 1. The van der Waals surface area contributed by atoms with Gasteiger partial charge in [0.05, 0.1) is 11.4 Å². The molecular weight excluding hydrogens is 329 g/mol. The molecule has 0 fully saturated rings. The third-order valence-corrected chi connectivity index (χ3v) is 4.56. The zero-order chi connectivity index (χ0) is 17.1. The molecule has 0 aliphatic carbocycles. The summed E-state index contributed by atoms with van der Waals surface area (Å²) in [7, 11) is -2.63. The molecule has 7 heteroatoms. The standard InChI is InChI=1S/C17H15BF2N2OS/c1-12(23)4-5-13-6-7-14(21-13)11-15-8-9-16(22(15)18(19)20)17-3-2-10-24-17/h2-3,6-11H,4-5H2,1H3/b14-11-. The lowest BCUT2D eigenvalue weighted by Crippen LogP contribution is -2.15. The minimum absolute atomic E-state index is 0.107. The van der Waals surface area contributed by atoms with Crippen molar-refractivity contribution in [2.45, 2.75) is 19.8 Å². The first-order valence-electron chi connectivity index (χ1n) is 7.54. The molecule has 0 aromatic carbocycles. The maximum atomic E-state index is 13.5. The largest absolute Gasteiger partial charge is 0.678 e. The highest BCUT2D eigenvalue weighted by atomic mass is 32.1. The van der Waals surface area contributed by atoms with Crippen LogP contribution in [0.15, 0.2) is 52.5 Å². The summed E-state index contributed by atoms with van der Waals surface area (Å²) in [5.41, 5.74) is 2.32. The zero-order valence-corrected chi connectivity index (χ0v) is 13.9. The summed E-state index contributed by atoms with van der Waals surface area (Å²) in [6.45, 7) is 1.54. The molecule has 0 saturated carbocycles. The molecule has 1 aliphatic rings. The van der Waals surface area contributed by atoms with Crippen LogP contribution in [0.25, 0.3) is 16.6 Å². The number of thiophene rings is 1. The first-order valence-corrected chi connectivity index (χ1v) is 8.42. The van der Waals surface area contributed by atoms with E-state index in [1.165, 1.54) is 18.3 Å². The van der Waals surface area contributed by atoms with E-state index in [0.29, 0.717) is 29.9 Å². The van der Waals surface area contributed by atoms with Gasteiger partial charge in [0, 0.05) is 22.7 Å². The van der Waals surface area contributed by atoms with Crippen LogP contribution in [0, 0.1) is 0 Å². The van der Waals surface area contributed by atoms with Gasteiger partial charge in [-0.2, -0.15) is 0 Å². The Balaban J connectivity index is 1.88. The molecule has 24 heavy (non-hydrogen) atoms. The number of rotatable bonds is 6. The van der Waals surface area contributed by atoms with Crippen molar-refractivity contribution in [2.24, 2.45) is 4.99 Å². The van der Waals surface area contributed by atoms with E-state index in [1.807, 2.05) is 23.6 Å². The molecule has 1 aliphatic heterocycles. The van der Waals surface area contributed by atoms with Gasteiger partial charge in [0.2, 0.25) is 0 Å². The number of hydrogen-bond acceptors (Lipinski definition) is 3. The highest BCUT2D eigenvalue weighted by Gasteiger charge is 2.24. The van der Waals surface area contributed by atoms with Gasteiger partial charge in [0.1, 0.15) is 5.78 Å². The fraction of sp³-hybridized carbons (Fsp3) is 0.176. The summed E-state index contributed by atoms with van der Waals surface area (Å²) in [6.07, 6.45) is 6.25. The van der Waals surface area contributed by atoms with Crippen molar-refractivity contribution in [3.8, 4) is 10.6 Å². The summed E-state index contributed by atoms with van der Waals surface area (Å²) < 4.78 is 28.1. The van der Waals surface area contributed by atoms with Gasteiger partial charge in [-0.3, -0.25) is 13.6 Å². The van der Waals surface area contributed by atoms with Crippen molar-refractivity contribution in [3.63, 3.8) is 0 Å². The van der Waals surface area contributed by atoms with Gasteiger partial charge in [-0.15, -0.1) is 11.3 Å². The normalized spacial score (nSPS) is 15.1. The van der Waals surface area contributed by atoms with Gasteiger partial charge < -0.3 is 9.27 Å². The Labute approximate surface area is 143 Å². The van der Waals surface area contributed by atoms with Gasteiger partial charge in [0.15, 0.2) is 0 Å². The van der Waals surface area contributed by atoms with Gasteiger partial charge in [-0.25, -0.2) is 0 Å². The Kier molecular flexibility index (Phi) is 4.90. The number of halogens is 2. The smallest absolute Gasteiger partial charge is 0.325 e. The van der Waals surface area contributed by atoms with Crippen molar-refractivity contribution in [2.75, 3.05) is 0 Å². The van der Waals surface area contributed by atoms with E-state index in [-0.39, 0.29) is 5.78 Å². The van der Waals surface area contributed by atoms with E-state index in [4.69, 9.17) is 0 Å². The van der Waals surface area contributed by atoms with Gasteiger partial charge in [0.25, 0.3) is 0 Å². The third kappa shape index (κ3) is 3.62. The second-order valence-corrected chi connectivity index (χ2v) is 6.42. The summed E-state index contributed by atoms with van der Waals surface area (Å²) >= 11 is 1.43. The second kappa shape index (κ2) is 7.09. The predicted molar refractivity (Wildman–Crippen MR) is 95.6 cm³/mol. The number of nitrogens with zero attached hydrogens (tertiary/aromatic N) is 2. The maximum absolute atomic E-state index is 13.5. The van der Waals surface area contributed by atoms with Crippen molar-refractivity contribution in [1.82, 2.24) is 4.48 Å². The SMILES string of the molecule is CC(=O)CCC1=N/C(=C\c2ccc(-c3cccs3)n2B(F)F)C=C1. The predicted octanol–water partition coefficient (Wildman–Crippen LogP) is 4.71. The molecule has 3 nitrogen and oxygen atoms in total. The number of Topliss-reactive ketones (excluding diaryl/α,β-unsaturated/α-hetero) is 1. The number of hydrogen-bond donors (Lipinski definition) is 0. The van der Waals surface area contributed by atoms with E-state index in [0.717, 1.165) is 15.1 Å². The lowest BCUT2D eigenvalue weighted by Gasteiger charge is -2.07. The molecular formula is C17H15BF2N2OS. The monoisotopic (exact) mass is 344 g/mol. The molecule has 0 spiro atoms. The highest BCUT2D eigenvalue weighted by molar-refractivity contribution is 7.13. The summed E-state index contributed by atoms with van der Waals surface area (Å²) in [4.78, 5) is 16.2. The average molecular weight is 344 g/mol. The Morgan fingerprint density at radius 1 is 1.33 bits per heavy atom. The van der Waals surface area contributed by atoms with Crippen molar-refractivity contribution in [3.05, 3.63) is 53.2 Å². The minimum Gasteiger partial charge on any atom is -0.325 e. The average Bonchev–Trinajstić information content (AvgIpc) is 3.25. The van der Waals surface area contributed by atoms with Crippen LogP contribution >= 0.6 is 11.3 Å². The fourth-order valence-corrected chi connectivity index (χ4v) is 3.27. The van der Waals surface area contributed by atoms with Crippen LogP contribution in [-0.4, -0.2) is 23.4 Å². The third-order valence-electron chi connectivity index (χ3n) is 3.67. The molecule has 3 heterocycles. The molecule has 2 aromatic rings. The van der Waals surface area contributed by atoms with Crippen LogP contribution in [0.3, 0.4) is 0 Å². The lowest BCUT2D eigenvalue weighted by molar-refractivity contribution is -0.116. The van der Waals surface area contributed by atoms with Crippen LogP contribution < -0.4 is 0 Å². The Hall–Kier alpha value is -2.28. The summed E-state index contributed by atoms with van der Waals surface area (Å²) in [5, 5.41) is 1.86. The van der Waals surface area contributed by atoms with Gasteiger partial charge in [-0.05, 0) is 55.2 Å². The second-order valence-electron chi connectivity index (χ2n) is 5.48. The van der Waals surface area contributed by atoms with Gasteiger partial charge in [-0.1, -0.05) is 6.07 Å². The number of ketones is 1. The molecule has 122 valence electrons. The summed E-state index contributed by atoms with van der Waals surface area (Å²) in [5.74, 6) is 0.107. The van der Waals surface area contributed by atoms with E-state index in [2.05, 4.69) is 4.99 Å². The Morgan fingerprint density at radius 2 is 2.17 bits per heavy atom. The number of carbonyl (C=O) groups is 1. The molecule has 0 atom stereocenters. The van der Waals surface area contributed by atoms with Crippen LogP contribution in [-0.2, 0) is 4.79 Å². The molecule has 0 bridgehead atoms. The maximum Gasteiger partial charge on any atom is 0.678 e. The zero-order valence-electron chi connectivity index (χ0n) is 13.1. The quantitative estimate of drug-likeness (QED) is 0.699. The number of allylic oxidation sites excluding steroid dienone is 2. The fourth-order valence-electron chi connectivity index (χ4n) is 2.52. The van der Waals surface area contributed by atoms with Crippen LogP contribution in [0.2, 0.25) is 0 Å². The molecule has 0 radical (unpaired) electrons. The summed E-state index contributed by atoms with van der Waals surface area (Å²) in [6, 6.07) is 7.03. The van der Waals surface area contributed by atoms with Crippen LogP contribution in [0.1, 0.15) is 25.5 Å². The van der Waals surface area contributed by atoms with E-state index in [1.54, 1.807) is 24.3 Å². The molecule has 0 amide bonds. The lowest BCUT2D eigenvalue weighted by atomic mass is 10.1. The topological polar surface area (TPSA) is 34.4 Å². The molecule has 0 saturated heterocycles. The number of carbonyl (C=O) groups excluding carboxylic acids is 1. The number of aliphatic imine (C=N–C) groups is 1. The van der Waals surface area contributed by atoms with E-state index >= 15 is 0 Å². The van der Waals surface area contributed by atoms with Crippen molar-refractivity contribution in [1.29, 1.82) is 0 Å². The first-order chi connectivity index (χ1) is 11.5. The molecule has 2 aromatic heterocycles. The Morgan fingerprint density at radius 3 is 2.83 bits per heavy atom. The van der Waals surface area contributed by atoms with Crippen molar-refractivity contribution < 1.29 is 13.4 Å². The molecule has 0 N–H and O–H groups in total. The van der Waals surface area contributed by atoms with Gasteiger partial charge >= 0.3 is 7.40 Å². The van der Waals surface area contributed by atoms with Crippen LogP contribution in [0.4, 0.5) is 8.63 Å². The van der Waals surface area contributed by atoms with Crippen LogP contribution in [0.5, 0.6) is 0 Å². The molecule has 3 rings (SSSR count). The molecule has 0 unspecified atom stereocenters. The van der Waals surface area contributed by atoms with E-state index < -0.39 is 7.40 Å².